The van der Waals surface area contributed by atoms with Crippen LogP contribution in [0.2, 0.25) is 0 Å². The molecule has 0 atom stereocenters. The highest BCUT2D eigenvalue weighted by Crippen LogP contribution is 2.30. The molecule has 0 saturated carbocycles. The third-order valence-electron chi connectivity index (χ3n) is 6.00. The highest BCUT2D eigenvalue weighted by atomic mass is 19.4. The molecule has 0 aromatic rings. The summed E-state index contributed by atoms with van der Waals surface area (Å²) < 4.78 is 42.4. The van der Waals surface area contributed by atoms with E-state index in [9.17, 15) is 18.0 Å². The summed E-state index contributed by atoms with van der Waals surface area (Å²) in [7, 11) is 0. The fraction of sp³-hybridized carbons (Fsp3) is 0.613. The van der Waals surface area contributed by atoms with Crippen molar-refractivity contribution in [3.63, 3.8) is 0 Å². The number of nitrogens with one attached hydrogen (secondary N) is 2. The van der Waals surface area contributed by atoms with Crippen molar-refractivity contribution in [1.82, 2.24) is 15.5 Å². The Morgan fingerprint density at radius 1 is 1.03 bits per heavy atom. The van der Waals surface area contributed by atoms with Gasteiger partial charge in [0.15, 0.2) is 0 Å². The fourth-order valence-electron chi connectivity index (χ4n) is 3.90. The predicted octanol–water partition coefficient (Wildman–Crippen LogP) is 8.35. The summed E-state index contributed by atoms with van der Waals surface area (Å²) in [5.74, 6) is 0.457. The number of amidine groups is 1. The molecule has 0 spiro atoms. The van der Waals surface area contributed by atoms with Gasteiger partial charge in [-0.2, -0.15) is 13.2 Å². The maximum atomic E-state index is 14.1. The van der Waals surface area contributed by atoms with Crippen LogP contribution in [0.15, 0.2) is 64.6 Å². The van der Waals surface area contributed by atoms with E-state index in [1.807, 2.05) is 44.7 Å². The number of alkyl halides is 3. The molecule has 222 valence electrons. The number of unbranched alkanes of at least 4 members (excludes halogenated alkanes) is 3. The van der Waals surface area contributed by atoms with Gasteiger partial charge in [0.05, 0.1) is 5.57 Å². The van der Waals surface area contributed by atoms with Crippen molar-refractivity contribution >= 4 is 11.7 Å². The van der Waals surface area contributed by atoms with Gasteiger partial charge < -0.3 is 15.5 Å². The second-order valence-corrected chi connectivity index (χ2v) is 9.40. The number of nitrogens with zero attached hydrogens (tertiary/aromatic N) is 2. The van der Waals surface area contributed by atoms with E-state index in [0.717, 1.165) is 56.0 Å². The molecule has 0 radical (unpaired) electrons. The number of carbonyl (C=O) groups excluding carboxylic acids is 1. The molecule has 1 amide bonds. The molecule has 0 aliphatic rings. The summed E-state index contributed by atoms with van der Waals surface area (Å²) in [5.41, 5.74) is 0.878. The highest BCUT2D eigenvalue weighted by molar-refractivity contribution is 5.82. The molecule has 0 saturated heterocycles. The number of hydrogen-bond acceptors (Lipinski definition) is 3. The van der Waals surface area contributed by atoms with E-state index in [0.29, 0.717) is 44.7 Å². The minimum atomic E-state index is -4.59. The quantitative estimate of drug-likeness (QED) is 0.0733. The lowest BCUT2D eigenvalue weighted by atomic mass is 10.1. The zero-order valence-electron chi connectivity index (χ0n) is 25.0. The van der Waals surface area contributed by atoms with Crippen LogP contribution < -0.4 is 10.6 Å². The number of aliphatic imine (C=N–C) groups is 1. The van der Waals surface area contributed by atoms with Gasteiger partial charge in [0.25, 0.3) is 0 Å². The topological polar surface area (TPSA) is 56.7 Å². The van der Waals surface area contributed by atoms with Gasteiger partial charge >= 0.3 is 6.18 Å². The Hall–Kier alpha value is -2.77. The SMILES string of the molecule is C=C/C(CC)=C(\C=C/C)NC(C)=N/C=C(\C(=C\CCC)NCCCN(CCC)C(=O)CCCCC)C(F)(F)F. The third-order valence-corrected chi connectivity index (χ3v) is 6.00. The fourth-order valence-corrected chi connectivity index (χ4v) is 3.90. The molecule has 0 rings (SSSR count). The van der Waals surface area contributed by atoms with Crippen molar-refractivity contribution in [3.8, 4) is 0 Å². The van der Waals surface area contributed by atoms with Crippen LogP contribution in [0.4, 0.5) is 13.2 Å². The van der Waals surface area contributed by atoms with Crippen LogP contribution in [-0.2, 0) is 4.79 Å². The van der Waals surface area contributed by atoms with Crippen LogP contribution in [0.5, 0.6) is 0 Å². The first-order valence-electron chi connectivity index (χ1n) is 14.4. The van der Waals surface area contributed by atoms with Gasteiger partial charge in [0.2, 0.25) is 5.91 Å². The van der Waals surface area contributed by atoms with E-state index in [2.05, 4.69) is 29.1 Å². The molecule has 0 unspecified atom stereocenters. The van der Waals surface area contributed by atoms with E-state index < -0.39 is 11.7 Å². The van der Waals surface area contributed by atoms with Crippen LogP contribution in [0.25, 0.3) is 0 Å². The lowest BCUT2D eigenvalue weighted by molar-refractivity contribution is -0.131. The summed E-state index contributed by atoms with van der Waals surface area (Å²) in [6, 6.07) is 0. The van der Waals surface area contributed by atoms with Crippen molar-refractivity contribution in [3.05, 3.63) is 59.6 Å². The Kier molecular flexibility index (Phi) is 19.6. The van der Waals surface area contributed by atoms with E-state index in [1.54, 1.807) is 19.1 Å². The Labute approximate surface area is 235 Å². The lowest BCUT2D eigenvalue weighted by Crippen LogP contribution is -2.34. The molecule has 2 N–H and O–H groups in total. The Bertz CT molecular complexity index is 883. The van der Waals surface area contributed by atoms with Gasteiger partial charge in [-0.25, -0.2) is 4.99 Å². The lowest BCUT2D eigenvalue weighted by Gasteiger charge is -2.23. The number of hydrogen-bond donors (Lipinski definition) is 2. The summed E-state index contributed by atoms with van der Waals surface area (Å²) in [6.45, 7) is 16.8. The van der Waals surface area contributed by atoms with Gasteiger partial charge in [0, 0.05) is 43.6 Å². The second kappa shape index (κ2) is 21.1. The van der Waals surface area contributed by atoms with E-state index in [-0.39, 0.29) is 11.6 Å². The number of amides is 1. The molecule has 0 aliphatic carbocycles. The Balaban J connectivity index is 5.72. The maximum Gasteiger partial charge on any atom is 0.419 e. The zero-order valence-corrected chi connectivity index (χ0v) is 25.0. The third kappa shape index (κ3) is 15.4. The van der Waals surface area contributed by atoms with Crippen molar-refractivity contribution in [2.24, 2.45) is 4.99 Å². The number of carbonyl (C=O) groups is 1. The van der Waals surface area contributed by atoms with Crippen molar-refractivity contribution in [2.45, 2.75) is 106 Å². The van der Waals surface area contributed by atoms with Crippen LogP contribution in [0, 0.1) is 0 Å². The largest absolute Gasteiger partial charge is 0.419 e. The molecule has 0 aliphatic heterocycles. The maximum absolute atomic E-state index is 14.1. The zero-order chi connectivity index (χ0) is 29.7. The van der Waals surface area contributed by atoms with E-state index in [4.69, 9.17) is 0 Å². The molecule has 0 heterocycles. The molecule has 5 nitrogen and oxygen atoms in total. The molecule has 8 heteroatoms. The molecule has 0 aromatic heterocycles. The number of allylic oxidation sites excluding steroid dienone is 6. The number of rotatable bonds is 19. The number of halogens is 3. The highest BCUT2D eigenvalue weighted by Gasteiger charge is 2.36. The smallest absolute Gasteiger partial charge is 0.385 e. The average molecular weight is 553 g/mol. The molecule has 0 aromatic carbocycles. The van der Waals surface area contributed by atoms with E-state index >= 15 is 0 Å². The molecule has 39 heavy (non-hydrogen) atoms. The molecular weight excluding hydrogens is 501 g/mol. The van der Waals surface area contributed by atoms with Crippen LogP contribution in [-0.4, -0.2) is 42.5 Å². The summed E-state index contributed by atoms with van der Waals surface area (Å²) >= 11 is 0. The van der Waals surface area contributed by atoms with Gasteiger partial charge in [0.1, 0.15) is 5.84 Å². The minimum absolute atomic E-state index is 0.0155. The standard InChI is InChI=1S/C31H51F3N4O/c1-8-14-16-20-30(39)38(22-11-4)23-17-21-35-29(19-15-9-2)27(31(32,33)34)24-36-25(7)37-28(18-10-3)26(12-5)13-6/h10,12,18-19,24,35H,5,8-9,11,13-17,20-23H2,1-4,6-7H3,(H,36,37)/b18-10-,27-24+,28-26-,29-19-. The Morgan fingerprint density at radius 3 is 2.28 bits per heavy atom. The average Bonchev–Trinajstić information content (AvgIpc) is 2.88. The normalized spacial score (nSPS) is 13.9. The Morgan fingerprint density at radius 2 is 1.74 bits per heavy atom. The second-order valence-electron chi connectivity index (χ2n) is 9.40. The van der Waals surface area contributed by atoms with E-state index in [1.165, 1.54) is 0 Å². The van der Waals surface area contributed by atoms with Crippen molar-refractivity contribution in [1.29, 1.82) is 0 Å². The summed E-state index contributed by atoms with van der Waals surface area (Å²) in [5, 5.41) is 6.08. The molecule has 0 fully saturated rings. The van der Waals surface area contributed by atoms with Crippen LogP contribution in [0.3, 0.4) is 0 Å². The van der Waals surface area contributed by atoms with Crippen molar-refractivity contribution < 1.29 is 18.0 Å². The monoisotopic (exact) mass is 552 g/mol. The first-order valence-corrected chi connectivity index (χ1v) is 14.4. The van der Waals surface area contributed by atoms with Gasteiger partial charge in [-0.15, -0.1) is 0 Å². The minimum Gasteiger partial charge on any atom is -0.385 e. The molecule has 0 bridgehead atoms. The van der Waals surface area contributed by atoms with Crippen LogP contribution in [0.1, 0.15) is 99.3 Å². The van der Waals surface area contributed by atoms with Crippen LogP contribution >= 0.6 is 0 Å². The van der Waals surface area contributed by atoms with Gasteiger partial charge in [-0.05, 0) is 57.6 Å². The summed E-state index contributed by atoms with van der Waals surface area (Å²) in [4.78, 5) is 18.5. The van der Waals surface area contributed by atoms with Gasteiger partial charge in [-0.1, -0.05) is 71.8 Å². The first-order chi connectivity index (χ1) is 18.6. The predicted molar refractivity (Wildman–Crippen MR) is 159 cm³/mol. The summed E-state index contributed by atoms with van der Waals surface area (Å²) in [6.07, 6.45) is 10.1. The van der Waals surface area contributed by atoms with Gasteiger partial charge in [-0.3, -0.25) is 4.79 Å². The molecular formula is C31H51F3N4O. The first kappa shape index (κ1) is 36.2. The van der Waals surface area contributed by atoms with Crippen molar-refractivity contribution in [2.75, 3.05) is 19.6 Å².